The van der Waals surface area contributed by atoms with Crippen molar-refractivity contribution in [3.05, 3.63) is 48.0 Å². The van der Waals surface area contributed by atoms with E-state index in [1.54, 1.807) is 0 Å². The smallest absolute Gasteiger partial charge is 0.0205 e. The van der Waals surface area contributed by atoms with Gasteiger partial charge in [0.05, 0.1) is 0 Å². The predicted molar refractivity (Wildman–Crippen MR) is 71.5 cm³/mol. The summed E-state index contributed by atoms with van der Waals surface area (Å²) in [7, 11) is 0. The molecule has 0 fully saturated rings. The van der Waals surface area contributed by atoms with Crippen molar-refractivity contribution in [1.82, 2.24) is 5.32 Å². The van der Waals surface area contributed by atoms with Crippen molar-refractivity contribution in [3.63, 3.8) is 0 Å². The summed E-state index contributed by atoms with van der Waals surface area (Å²) in [6, 6.07) is 8.92. The standard InChI is InChI=1S/C15H23N/c1-4-5-10-16-12-15-8-6-14(7-9-15)11-13(2)3/h4,6-9,13,16H,1,5,10-12H2,2-3H3. The maximum absolute atomic E-state index is 3.70. The van der Waals surface area contributed by atoms with Crippen LogP contribution in [0.5, 0.6) is 0 Å². The number of hydrogen-bond acceptors (Lipinski definition) is 1. The first kappa shape index (κ1) is 13.0. The zero-order valence-corrected chi connectivity index (χ0v) is 10.5. The van der Waals surface area contributed by atoms with Crippen molar-refractivity contribution in [2.45, 2.75) is 33.2 Å². The van der Waals surface area contributed by atoms with Gasteiger partial charge in [0.15, 0.2) is 0 Å². The second-order valence-electron chi connectivity index (χ2n) is 4.67. The maximum atomic E-state index is 3.70. The fraction of sp³-hybridized carbons (Fsp3) is 0.467. The van der Waals surface area contributed by atoms with Gasteiger partial charge in [0.2, 0.25) is 0 Å². The monoisotopic (exact) mass is 217 g/mol. The molecule has 1 nitrogen and oxygen atoms in total. The van der Waals surface area contributed by atoms with E-state index in [9.17, 15) is 0 Å². The third-order valence-corrected chi connectivity index (χ3v) is 2.52. The van der Waals surface area contributed by atoms with Crippen LogP contribution in [0.15, 0.2) is 36.9 Å². The minimum Gasteiger partial charge on any atom is -0.312 e. The SMILES string of the molecule is C=CCCNCc1ccc(CC(C)C)cc1. The van der Waals surface area contributed by atoms with Gasteiger partial charge in [0.25, 0.3) is 0 Å². The third kappa shape index (κ3) is 5.13. The molecule has 1 aromatic carbocycles. The molecule has 0 aliphatic carbocycles. The van der Waals surface area contributed by atoms with E-state index in [2.05, 4.69) is 50.0 Å². The molecule has 0 unspecified atom stereocenters. The molecule has 0 amide bonds. The first-order valence-corrected chi connectivity index (χ1v) is 6.12. The normalized spacial score (nSPS) is 10.7. The van der Waals surface area contributed by atoms with Crippen LogP contribution in [0.25, 0.3) is 0 Å². The third-order valence-electron chi connectivity index (χ3n) is 2.52. The van der Waals surface area contributed by atoms with Crippen molar-refractivity contribution in [3.8, 4) is 0 Å². The molecule has 0 aromatic heterocycles. The Balaban J connectivity index is 2.36. The van der Waals surface area contributed by atoms with Crippen LogP contribution in [0.3, 0.4) is 0 Å². The summed E-state index contributed by atoms with van der Waals surface area (Å²) < 4.78 is 0. The molecule has 1 N–H and O–H groups in total. The molecule has 0 saturated heterocycles. The Morgan fingerprint density at radius 3 is 2.38 bits per heavy atom. The lowest BCUT2D eigenvalue weighted by molar-refractivity contribution is 0.646. The summed E-state index contributed by atoms with van der Waals surface area (Å²) in [6.07, 6.45) is 4.15. The molecule has 0 spiro atoms. The summed E-state index contributed by atoms with van der Waals surface area (Å²) in [5.74, 6) is 0.733. The van der Waals surface area contributed by atoms with E-state index >= 15 is 0 Å². The molecule has 0 heterocycles. The van der Waals surface area contributed by atoms with Gasteiger partial charge in [-0.15, -0.1) is 6.58 Å². The Morgan fingerprint density at radius 2 is 1.81 bits per heavy atom. The van der Waals surface area contributed by atoms with Gasteiger partial charge in [-0.05, 0) is 36.4 Å². The average molecular weight is 217 g/mol. The molecule has 0 aliphatic rings. The molecule has 0 saturated carbocycles. The van der Waals surface area contributed by atoms with Crippen molar-refractivity contribution in [1.29, 1.82) is 0 Å². The molecule has 88 valence electrons. The van der Waals surface area contributed by atoms with Gasteiger partial charge in [-0.1, -0.05) is 44.2 Å². The lowest BCUT2D eigenvalue weighted by atomic mass is 10.0. The molecule has 0 aliphatic heterocycles. The van der Waals surface area contributed by atoms with Crippen molar-refractivity contribution in [2.24, 2.45) is 5.92 Å². The molecule has 16 heavy (non-hydrogen) atoms. The van der Waals surface area contributed by atoms with Crippen LogP contribution in [0, 0.1) is 5.92 Å². The quantitative estimate of drug-likeness (QED) is 0.544. The van der Waals surface area contributed by atoms with Crippen LogP contribution >= 0.6 is 0 Å². The molecule has 0 atom stereocenters. The number of rotatable bonds is 7. The molecular formula is C15H23N. The highest BCUT2D eigenvalue weighted by Crippen LogP contribution is 2.09. The van der Waals surface area contributed by atoms with Gasteiger partial charge in [-0.2, -0.15) is 0 Å². The average Bonchev–Trinajstić information content (AvgIpc) is 2.26. The maximum Gasteiger partial charge on any atom is 0.0205 e. The number of hydrogen-bond donors (Lipinski definition) is 1. The lowest BCUT2D eigenvalue weighted by Crippen LogP contribution is -2.13. The zero-order chi connectivity index (χ0) is 11.8. The molecule has 0 radical (unpaired) electrons. The largest absolute Gasteiger partial charge is 0.312 e. The lowest BCUT2D eigenvalue weighted by Gasteiger charge is -2.07. The fourth-order valence-corrected chi connectivity index (χ4v) is 1.70. The van der Waals surface area contributed by atoms with Crippen LogP contribution in [0.1, 0.15) is 31.4 Å². The van der Waals surface area contributed by atoms with E-state index in [0.29, 0.717) is 0 Å². The molecule has 0 bridgehead atoms. The van der Waals surface area contributed by atoms with E-state index in [4.69, 9.17) is 0 Å². The van der Waals surface area contributed by atoms with Gasteiger partial charge < -0.3 is 5.32 Å². The van der Waals surface area contributed by atoms with Crippen LogP contribution < -0.4 is 5.32 Å². The highest BCUT2D eigenvalue weighted by Gasteiger charge is 1.97. The van der Waals surface area contributed by atoms with E-state index in [1.807, 2.05) is 6.08 Å². The van der Waals surface area contributed by atoms with E-state index in [-0.39, 0.29) is 0 Å². The van der Waals surface area contributed by atoms with E-state index in [1.165, 1.54) is 17.5 Å². The molecule has 1 aromatic rings. The highest BCUT2D eigenvalue weighted by atomic mass is 14.8. The minimum atomic E-state index is 0.733. The van der Waals surface area contributed by atoms with Crippen molar-refractivity contribution >= 4 is 0 Å². The van der Waals surface area contributed by atoms with Crippen LogP contribution in [0.4, 0.5) is 0 Å². The zero-order valence-electron chi connectivity index (χ0n) is 10.5. The van der Waals surface area contributed by atoms with Crippen LogP contribution in [0.2, 0.25) is 0 Å². The van der Waals surface area contributed by atoms with E-state index in [0.717, 1.165) is 25.4 Å². The summed E-state index contributed by atoms with van der Waals surface area (Å²) in [6.45, 7) is 10.2. The summed E-state index contributed by atoms with van der Waals surface area (Å²) in [4.78, 5) is 0. The second-order valence-corrected chi connectivity index (χ2v) is 4.67. The number of benzene rings is 1. The fourth-order valence-electron chi connectivity index (χ4n) is 1.70. The van der Waals surface area contributed by atoms with Gasteiger partial charge in [0.1, 0.15) is 0 Å². The Hall–Kier alpha value is -1.08. The molecular weight excluding hydrogens is 194 g/mol. The van der Waals surface area contributed by atoms with Gasteiger partial charge in [0, 0.05) is 6.54 Å². The number of nitrogens with one attached hydrogen (secondary N) is 1. The van der Waals surface area contributed by atoms with Crippen molar-refractivity contribution in [2.75, 3.05) is 6.54 Å². The second kappa shape index (κ2) is 7.24. The molecule has 1 rings (SSSR count). The summed E-state index contributed by atoms with van der Waals surface area (Å²) in [5, 5.41) is 3.39. The first-order valence-electron chi connectivity index (χ1n) is 6.12. The Labute approximate surface area is 99.6 Å². The minimum absolute atomic E-state index is 0.733. The Kier molecular flexibility index (Phi) is 5.87. The topological polar surface area (TPSA) is 12.0 Å². The van der Waals surface area contributed by atoms with E-state index < -0.39 is 0 Å². The van der Waals surface area contributed by atoms with Gasteiger partial charge in [-0.3, -0.25) is 0 Å². The van der Waals surface area contributed by atoms with Gasteiger partial charge in [-0.25, -0.2) is 0 Å². The summed E-state index contributed by atoms with van der Waals surface area (Å²) >= 11 is 0. The molecule has 1 heteroatoms. The van der Waals surface area contributed by atoms with Crippen LogP contribution in [-0.4, -0.2) is 6.54 Å². The predicted octanol–water partition coefficient (Wildman–Crippen LogP) is 3.55. The Morgan fingerprint density at radius 1 is 1.19 bits per heavy atom. The van der Waals surface area contributed by atoms with Crippen LogP contribution in [-0.2, 0) is 13.0 Å². The first-order chi connectivity index (χ1) is 7.72. The summed E-state index contributed by atoms with van der Waals surface area (Å²) in [5.41, 5.74) is 2.79. The highest BCUT2D eigenvalue weighted by molar-refractivity contribution is 5.22. The van der Waals surface area contributed by atoms with Crippen molar-refractivity contribution < 1.29 is 0 Å². The Bertz CT molecular complexity index is 298. The van der Waals surface area contributed by atoms with Gasteiger partial charge >= 0.3 is 0 Å².